The largest absolute Gasteiger partial charge is 0.550 e. The van der Waals surface area contributed by atoms with Gasteiger partial charge >= 0.3 is 5.17 Å². The number of hydrogen-bond donors (Lipinski definition) is 3. The van der Waals surface area contributed by atoms with Gasteiger partial charge in [-0.05, 0) is 31.0 Å². The predicted molar refractivity (Wildman–Crippen MR) is 65.0 cm³/mol. The normalized spacial score (nSPS) is 13.3. The minimum Gasteiger partial charge on any atom is -0.550 e. The molecule has 0 saturated carbocycles. The number of hydrogen-bond acceptors (Lipinski definition) is 5. The summed E-state index contributed by atoms with van der Waals surface area (Å²) in [6.07, 6.45) is 3.02. The van der Waals surface area contributed by atoms with E-state index in [1.165, 1.54) is 0 Å². The van der Waals surface area contributed by atoms with Gasteiger partial charge in [-0.1, -0.05) is 6.42 Å². The summed E-state index contributed by atoms with van der Waals surface area (Å²) in [5, 5.41) is 13.3. The van der Waals surface area contributed by atoms with Crippen molar-refractivity contribution in [3.63, 3.8) is 0 Å². The quantitative estimate of drug-likeness (QED) is 0.338. The van der Waals surface area contributed by atoms with Gasteiger partial charge in [0, 0.05) is 18.3 Å². The number of thioether (sulfide) groups is 1. The van der Waals surface area contributed by atoms with E-state index in [4.69, 9.17) is 5.73 Å². The first kappa shape index (κ1) is 15.8. The second-order valence-corrected chi connectivity index (χ2v) is 4.53. The fraction of sp³-hybridized carbons (Fsp3) is 0.700. The molecule has 0 fully saturated rings. The molecule has 1 amide bonds. The fourth-order valence-corrected chi connectivity index (χ4v) is 1.75. The number of carbonyl (C=O) groups excluding carboxylic acids is 2. The van der Waals surface area contributed by atoms with Gasteiger partial charge in [0.05, 0.1) is 6.54 Å². The van der Waals surface area contributed by atoms with Crippen LogP contribution in [0.1, 0.15) is 25.7 Å². The highest BCUT2D eigenvalue weighted by Crippen LogP contribution is 1.96. The molecule has 6 nitrogen and oxygen atoms in total. The Hall–Kier alpha value is -1.24. The van der Waals surface area contributed by atoms with Crippen molar-refractivity contribution in [1.82, 2.24) is 5.32 Å². The van der Waals surface area contributed by atoms with Gasteiger partial charge in [-0.15, -0.1) is 0 Å². The van der Waals surface area contributed by atoms with Crippen molar-refractivity contribution < 1.29 is 19.7 Å². The summed E-state index contributed by atoms with van der Waals surface area (Å²) < 4.78 is 0. The SMILES string of the molecule is NC1=[NH+]CCS1.O=CNCCCCCC(=O)[O-]. The first-order valence-corrected chi connectivity index (χ1v) is 6.51. The minimum absolute atomic E-state index is 0.112. The van der Waals surface area contributed by atoms with Crippen molar-refractivity contribution in [2.24, 2.45) is 5.73 Å². The molecular weight excluding hydrogens is 242 g/mol. The summed E-state index contributed by atoms with van der Waals surface area (Å²) in [4.78, 5) is 22.6. The zero-order valence-corrected chi connectivity index (χ0v) is 10.6. The Morgan fingerprint density at radius 2 is 2.29 bits per heavy atom. The van der Waals surface area contributed by atoms with Crippen molar-refractivity contribution in [1.29, 1.82) is 0 Å². The zero-order valence-electron chi connectivity index (χ0n) is 9.74. The van der Waals surface area contributed by atoms with Crippen LogP contribution in [-0.4, -0.2) is 36.4 Å². The van der Waals surface area contributed by atoms with E-state index in [0.717, 1.165) is 30.3 Å². The highest BCUT2D eigenvalue weighted by Gasteiger charge is 2.04. The molecule has 0 aliphatic carbocycles. The van der Waals surface area contributed by atoms with Crippen LogP contribution in [0.25, 0.3) is 0 Å². The fourth-order valence-electron chi connectivity index (χ4n) is 1.12. The maximum atomic E-state index is 9.91. The number of nitrogens with one attached hydrogen (secondary N) is 2. The Morgan fingerprint density at radius 1 is 1.53 bits per heavy atom. The smallest absolute Gasteiger partial charge is 0.302 e. The number of unbranched alkanes of at least 4 members (excludes halogenated alkanes) is 2. The van der Waals surface area contributed by atoms with Gasteiger partial charge in [0.1, 0.15) is 0 Å². The predicted octanol–water partition coefficient (Wildman–Crippen LogP) is -2.83. The third-order valence-corrected chi connectivity index (χ3v) is 2.81. The van der Waals surface area contributed by atoms with Crippen molar-refractivity contribution in [3.8, 4) is 0 Å². The third-order valence-electron chi connectivity index (χ3n) is 1.94. The number of carbonyl (C=O) groups is 2. The molecule has 1 heterocycles. The van der Waals surface area contributed by atoms with Crippen LogP contribution in [0.3, 0.4) is 0 Å². The molecule has 1 rings (SSSR count). The minimum atomic E-state index is -1.01. The third kappa shape index (κ3) is 12.7. The Labute approximate surface area is 105 Å². The molecule has 0 spiro atoms. The molecule has 0 unspecified atom stereocenters. The van der Waals surface area contributed by atoms with E-state index < -0.39 is 5.97 Å². The number of rotatable bonds is 7. The van der Waals surface area contributed by atoms with Gasteiger partial charge in [-0.3, -0.25) is 15.5 Å². The molecule has 4 N–H and O–H groups in total. The van der Waals surface area contributed by atoms with Crippen LogP contribution in [0, 0.1) is 0 Å². The number of nitrogens with two attached hydrogens (primary N) is 1. The van der Waals surface area contributed by atoms with Gasteiger partial charge in [-0.2, -0.15) is 0 Å². The molecule has 0 radical (unpaired) electrons. The van der Waals surface area contributed by atoms with E-state index >= 15 is 0 Å². The van der Waals surface area contributed by atoms with Gasteiger partial charge in [-0.25, -0.2) is 0 Å². The molecule has 7 heteroatoms. The van der Waals surface area contributed by atoms with Crippen LogP contribution in [0.4, 0.5) is 0 Å². The topological polar surface area (TPSA) is 109 Å². The van der Waals surface area contributed by atoms with Crippen molar-refractivity contribution in [2.45, 2.75) is 25.7 Å². The molecule has 0 aromatic rings. The average molecular weight is 261 g/mol. The highest BCUT2D eigenvalue weighted by molar-refractivity contribution is 8.13. The van der Waals surface area contributed by atoms with E-state index in [0.29, 0.717) is 19.4 Å². The van der Waals surface area contributed by atoms with Gasteiger partial charge < -0.3 is 15.2 Å². The molecule has 98 valence electrons. The molecular formula is C10H19N3O3S. The number of aliphatic carboxylic acids is 1. The Kier molecular flexibility index (Phi) is 10.4. The van der Waals surface area contributed by atoms with E-state index in [9.17, 15) is 14.7 Å². The zero-order chi connectivity index (χ0) is 12.9. The number of amides is 1. The molecule has 0 saturated heterocycles. The average Bonchev–Trinajstić information content (AvgIpc) is 2.75. The summed E-state index contributed by atoms with van der Waals surface area (Å²) in [6.45, 7) is 1.66. The lowest BCUT2D eigenvalue weighted by atomic mass is 10.2. The van der Waals surface area contributed by atoms with Crippen LogP contribution in [0.15, 0.2) is 0 Å². The van der Waals surface area contributed by atoms with Crippen LogP contribution in [0.5, 0.6) is 0 Å². The molecule has 0 bridgehead atoms. The summed E-state index contributed by atoms with van der Waals surface area (Å²) in [5.74, 6) is 0.125. The summed E-state index contributed by atoms with van der Waals surface area (Å²) in [5.41, 5.74) is 5.30. The number of carboxylic acids is 1. The van der Waals surface area contributed by atoms with Gasteiger partial charge in [0.15, 0.2) is 0 Å². The molecule has 1 aliphatic heterocycles. The molecule has 0 atom stereocenters. The maximum Gasteiger partial charge on any atom is 0.302 e. The summed E-state index contributed by atoms with van der Waals surface area (Å²) >= 11 is 1.68. The maximum absolute atomic E-state index is 9.91. The summed E-state index contributed by atoms with van der Waals surface area (Å²) in [7, 11) is 0. The Morgan fingerprint density at radius 3 is 2.71 bits per heavy atom. The molecule has 0 aromatic heterocycles. The van der Waals surface area contributed by atoms with Crippen molar-refractivity contribution in [2.75, 3.05) is 18.8 Å². The van der Waals surface area contributed by atoms with Crippen molar-refractivity contribution >= 4 is 29.3 Å². The molecule has 17 heavy (non-hydrogen) atoms. The second-order valence-electron chi connectivity index (χ2n) is 3.39. The van der Waals surface area contributed by atoms with Crippen LogP contribution in [-0.2, 0) is 9.59 Å². The second kappa shape index (κ2) is 11.3. The standard InChI is InChI=1S/C7H13NO3.C3H6N2S/c9-6-8-5-3-1-2-4-7(10)11;4-3-5-1-2-6-3/h6H,1-5H2,(H,8,9)(H,10,11);1-2H2,(H2,4,5). The molecule has 1 aliphatic rings. The first-order chi connectivity index (χ1) is 8.16. The number of carboxylic acid groups (broad SMARTS) is 1. The molecule has 0 aromatic carbocycles. The van der Waals surface area contributed by atoms with Crippen LogP contribution < -0.4 is 21.1 Å². The van der Waals surface area contributed by atoms with Gasteiger partial charge in [0.2, 0.25) is 6.41 Å². The van der Waals surface area contributed by atoms with E-state index in [-0.39, 0.29) is 6.42 Å². The van der Waals surface area contributed by atoms with E-state index in [2.05, 4.69) is 10.3 Å². The monoisotopic (exact) mass is 261 g/mol. The van der Waals surface area contributed by atoms with Crippen LogP contribution in [0.2, 0.25) is 0 Å². The highest BCUT2D eigenvalue weighted by atomic mass is 32.2. The lowest BCUT2D eigenvalue weighted by molar-refractivity contribution is -0.445. The number of amidine groups is 1. The summed E-state index contributed by atoms with van der Waals surface area (Å²) in [6, 6.07) is 0. The van der Waals surface area contributed by atoms with E-state index in [1.54, 1.807) is 11.8 Å². The van der Waals surface area contributed by atoms with Crippen LogP contribution >= 0.6 is 11.8 Å². The Bertz CT molecular complexity index is 259. The lowest BCUT2D eigenvalue weighted by Gasteiger charge is -2.00. The lowest BCUT2D eigenvalue weighted by Crippen LogP contribution is -2.71. The van der Waals surface area contributed by atoms with Gasteiger partial charge in [0.25, 0.3) is 0 Å². The first-order valence-electron chi connectivity index (χ1n) is 5.52. The van der Waals surface area contributed by atoms with Crippen molar-refractivity contribution in [3.05, 3.63) is 0 Å². The Balaban J connectivity index is 0.000000354. The van der Waals surface area contributed by atoms with E-state index in [1.807, 2.05) is 0 Å².